The summed E-state index contributed by atoms with van der Waals surface area (Å²) in [7, 11) is 1.40. The Morgan fingerprint density at radius 1 is 0.873 bits per heavy atom. The highest BCUT2D eigenvalue weighted by Gasteiger charge is 2.63. The third-order valence-electron chi connectivity index (χ3n) is 15.0. The van der Waals surface area contributed by atoms with Gasteiger partial charge in [0.25, 0.3) is 0 Å². The molecule has 0 amide bonds. The van der Waals surface area contributed by atoms with Gasteiger partial charge in [-0.2, -0.15) is 0 Å². The van der Waals surface area contributed by atoms with Gasteiger partial charge in [-0.3, -0.25) is 9.59 Å². The lowest BCUT2D eigenvalue weighted by atomic mass is 9.72. The Balaban J connectivity index is 1.31. The average Bonchev–Trinajstić information content (AvgIpc) is 3.50. The molecule has 3 N–H and O–H groups in total. The maximum absolute atomic E-state index is 14.5. The molecule has 0 unspecified atom stereocenters. The van der Waals surface area contributed by atoms with Crippen molar-refractivity contribution in [1.29, 1.82) is 0 Å². The normalized spacial score (nSPS) is 46.2. The molecule has 5 heterocycles. The summed E-state index contributed by atoms with van der Waals surface area (Å²) >= 11 is 0. The zero-order valence-corrected chi connectivity index (χ0v) is 35.8. The Labute approximate surface area is 330 Å². The van der Waals surface area contributed by atoms with Crippen LogP contribution >= 0.6 is 0 Å². The highest BCUT2D eigenvalue weighted by atomic mass is 16.8. The number of hydrogen-bond acceptors (Lipinski definition) is 11. The van der Waals surface area contributed by atoms with Crippen molar-refractivity contribution in [3.8, 4) is 0 Å². The lowest BCUT2D eigenvalue weighted by molar-refractivity contribution is -0.409. The van der Waals surface area contributed by atoms with Crippen molar-refractivity contribution in [3.05, 3.63) is 12.2 Å². The van der Waals surface area contributed by atoms with E-state index < -0.39 is 58.8 Å². The minimum absolute atomic E-state index is 0.0218. The number of ketones is 1. The first-order valence-corrected chi connectivity index (χ1v) is 21.5. The van der Waals surface area contributed by atoms with Gasteiger partial charge in [0.15, 0.2) is 5.79 Å². The Morgan fingerprint density at radius 3 is 2.11 bits per heavy atom. The second-order valence-electron chi connectivity index (χ2n) is 18.7. The van der Waals surface area contributed by atoms with Crippen LogP contribution in [0.25, 0.3) is 0 Å². The van der Waals surface area contributed by atoms with E-state index in [1.54, 1.807) is 19.1 Å². The van der Waals surface area contributed by atoms with Crippen LogP contribution in [0.5, 0.6) is 0 Å². The van der Waals surface area contributed by atoms with Crippen LogP contribution in [0.15, 0.2) is 12.2 Å². The van der Waals surface area contributed by atoms with Crippen LogP contribution in [0.1, 0.15) is 134 Å². The standard InChI is InChI=1S/C44H74O11/c1-13-31(36(47)28(8)35(46)29(9)37-24(4)22-25(5)38(52-37)32(14-2)40(48)50-12)39-26(6)23-27(7)43(53-39)19-16-33(45)44(55-43)21-20-41(11,54-44)34-17-18-42(49,15-3)30(10)51-34/h16,19,24-35,37-39,45-46,49H,13-15,17-18,20-23H2,1-12H3/t24-,25-,26-,27+,28-,29-,30-,31-,32-,33+,34+,35+,37+,38+,39-,41-,42+,43-,44-/m0/s1. The van der Waals surface area contributed by atoms with Gasteiger partial charge in [0.1, 0.15) is 11.9 Å². The molecule has 0 radical (unpaired) electrons. The Morgan fingerprint density at radius 2 is 1.51 bits per heavy atom. The first kappa shape index (κ1) is 44.7. The van der Waals surface area contributed by atoms with Gasteiger partial charge in [-0.25, -0.2) is 0 Å². The SMILES string of the molecule is CC[C@H](C(=O)OC)[C@@H]1O[C@@H]([C@@H](C)[C@H](O)[C@H](C)C(=O)[C@H](CC)[C@H]2O[C@]3(C=C[C@@H](O)[C@]4(CC[C@@](C)([C@H]5CC[C@](O)(CC)[C@H](C)O5)O4)O3)[C@H](C)C[C@@H]2C)[C@@H](C)C[C@@H]1C. The topological polar surface area (TPSA) is 150 Å². The summed E-state index contributed by atoms with van der Waals surface area (Å²) < 4.78 is 38.9. The van der Waals surface area contributed by atoms with Crippen molar-refractivity contribution in [1.82, 2.24) is 0 Å². The fraction of sp³-hybridized carbons (Fsp3) is 0.909. The summed E-state index contributed by atoms with van der Waals surface area (Å²) in [6.45, 7) is 22.0. The van der Waals surface area contributed by atoms with E-state index in [0.717, 1.165) is 12.8 Å². The molecule has 0 aromatic rings. The van der Waals surface area contributed by atoms with Gasteiger partial charge in [0, 0.05) is 30.1 Å². The van der Waals surface area contributed by atoms with Gasteiger partial charge in [-0.05, 0) is 95.1 Å². The van der Waals surface area contributed by atoms with Crippen LogP contribution in [0.2, 0.25) is 0 Å². The number of rotatable bonds is 12. The molecule has 0 saturated carbocycles. The van der Waals surface area contributed by atoms with E-state index in [0.29, 0.717) is 44.9 Å². The molecule has 4 saturated heterocycles. The minimum Gasteiger partial charge on any atom is -0.469 e. The predicted molar refractivity (Wildman–Crippen MR) is 208 cm³/mol. The second-order valence-corrected chi connectivity index (χ2v) is 18.7. The van der Waals surface area contributed by atoms with Crippen LogP contribution in [0.4, 0.5) is 0 Å². The van der Waals surface area contributed by atoms with E-state index >= 15 is 0 Å². The molecule has 5 aliphatic rings. The molecule has 5 aliphatic heterocycles. The van der Waals surface area contributed by atoms with Gasteiger partial charge in [-0.15, -0.1) is 0 Å². The van der Waals surface area contributed by atoms with Crippen LogP contribution in [0.3, 0.4) is 0 Å². The zero-order chi connectivity index (χ0) is 40.8. The molecule has 2 spiro atoms. The first-order valence-electron chi connectivity index (χ1n) is 21.5. The second kappa shape index (κ2) is 17.0. The maximum Gasteiger partial charge on any atom is 0.311 e. The van der Waals surface area contributed by atoms with Crippen molar-refractivity contribution in [3.63, 3.8) is 0 Å². The number of ether oxygens (including phenoxy) is 6. The van der Waals surface area contributed by atoms with Gasteiger partial charge in [-0.1, -0.05) is 62.3 Å². The number of aliphatic hydroxyl groups is 3. The summed E-state index contributed by atoms with van der Waals surface area (Å²) in [4.78, 5) is 27.2. The third kappa shape index (κ3) is 8.26. The molecule has 0 aliphatic carbocycles. The molecule has 11 heteroatoms. The number of esters is 1. The summed E-state index contributed by atoms with van der Waals surface area (Å²) in [5.41, 5.74) is -1.62. The lowest BCUT2D eigenvalue weighted by Gasteiger charge is -2.54. The van der Waals surface area contributed by atoms with E-state index in [1.807, 2.05) is 41.5 Å². The number of aliphatic hydroxyl groups excluding tert-OH is 2. The molecular weight excluding hydrogens is 704 g/mol. The van der Waals surface area contributed by atoms with Crippen LogP contribution in [0, 0.1) is 47.3 Å². The smallest absolute Gasteiger partial charge is 0.311 e. The van der Waals surface area contributed by atoms with Gasteiger partial charge in [0.05, 0.1) is 60.9 Å². The molecule has 0 aromatic heterocycles. The highest BCUT2D eigenvalue weighted by molar-refractivity contribution is 5.84. The molecular formula is C44H74O11. The van der Waals surface area contributed by atoms with E-state index in [4.69, 9.17) is 28.4 Å². The third-order valence-corrected chi connectivity index (χ3v) is 15.0. The number of carbonyl (C=O) groups is 2. The van der Waals surface area contributed by atoms with Crippen molar-refractivity contribution in [2.75, 3.05) is 7.11 Å². The Kier molecular flexibility index (Phi) is 13.8. The van der Waals surface area contributed by atoms with Gasteiger partial charge in [0.2, 0.25) is 5.79 Å². The number of carbonyl (C=O) groups excluding carboxylic acids is 2. The van der Waals surface area contributed by atoms with Crippen molar-refractivity contribution in [2.24, 2.45) is 47.3 Å². The monoisotopic (exact) mass is 779 g/mol. The fourth-order valence-corrected chi connectivity index (χ4v) is 11.1. The molecule has 55 heavy (non-hydrogen) atoms. The predicted octanol–water partition coefficient (Wildman–Crippen LogP) is 6.52. The van der Waals surface area contributed by atoms with E-state index in [9.17, 15) is 24.9 Å². The molecule has 11 nitrogen and oxygen atoms in total. The molecule has 19 atom stereocenters. The number of Topliss-reactive ketones (excluding diaryl/α,β-unsaturated/α-hetero) is 1. The number of hydrogen-bond donors (Lipinski definition) is 3. The first-order chi connectivity index (χ1) is 25.8. The lowest BCUT2D eigenvalue weighted by Crippen LogP contribution is -2.63. The van der Waals surface area contributed by atoms with Gasteiger partial charge < -0.3 is 43.7 Å². The van der Waals surface area contributed by atoms with Crippen LogP contribution in [-0.4, -0.2) is 99.7 Å². The maximum atomic E-state index is 14.5. The quantitative estimate of drug-likeness (QED) is 0.147. The Bertz CT molecular complexity index is 1370. The molecule has 0 aromatic carbocycles. The Hall–Kier alpha value is -1.44. The molecule has 0 bridgehead atoms. The summed E-state index contributed by atoms with van der Waals surface area (Å²) in [6.07, 6.45) is 5.27. The van der Waals surface area contributed by atoms with Gasteiger partial charge >= 0.3 is 5.97 Å². The minimum atomic E-state index is -1.37. The zero-order valence-electron chi connectivity index (χ0n) is 35.8. The van der Waals surface area contributed by atoms with Crippen molar-refractivity contribution >= 4 is 11.8 Å². The average molecular weight is 779 g/mol. The van der Waals surface area contributed by atoms with Crippen molar-refractivity contribution < 1.29 is 53.3 Å². The largest absolute Gasteiger partial charge is 0.469 e. The van der Waals surface area contributed by atoms with Crippen molar-refractivity contribution in [2.45, 2.75) is 199 Å². The van der Waals surface area contributed by atoms with Crippen LogP contribution < -0.4 is 0 Å². The van der Waals surface area contributed by atoms with E-state index in [1.165, 1.54) is 7.11 Å². The summed E-state index contributed by atoms with van der Waals surface area (Å²) in [5.74, 6) is -4.72. The van der Waals surface area contributed by atoms with E-state index in [2.05, 4.69) is 27.7 Å². The highest BCUT2D eigenvalue weighted by Crippen LogP contribution is 2.54. The fourth-order valence-electron chi connectivity index (χ4n) is 11.1. The molecule has 4 fully saturated rings. The summed E-state index contributed by atoms with van der Waals surface area (Å²) in [5, 5.41) is 34.4. The van der Waals surface area contributed by atoms with E-state index in [-0.39, 0.29) is 65.8 Å². The summed E-state index contributed by atoms with van der Waals surface area (Å²) in [6, 6.07) is 0. The molecule has 316 valence electrons. The van der Waals surface area contributed by atoms with Crippen LogP contribution in [-0.2, 0) is 38.0 Å². The number of methoxy groups -OCH3 is 1. The molecule has 5 rings (SSSR count).